The predicted molar refractivity (Wildman–Crippen MR) is 202 cm³/mol. The minimum Gasteiger partial charge on any atom is -0.312 e. The molecule has 0 aliphatic rings. The lowest BCUT2D eigenvalue weighted by Crippen LogP contribution is -2.56. The molecule has 0 saturated heterocycles. The Bertz CT molecular complexity index is 2220. The maximum Gasteiger partial charge on any atom is 0.131 e. The Labute approximate surface area is 281 Å². The molecule has 0 saturated carbocycles. The number of hydrogen-bond acceptors (Lipinski definition) is 1. The van der Waals surface area contributed by atoms with E-state index in [-0.39, 0.29) is 33.1 Å². The summed E-state index contributed by atoms with van der Waals surface area (Å²) in [5.41, 5.74) is 8.45. The van der Waals surface area contributed by atoms with Crippen molar-refractivity contribution in [3.63, 3.8) is 0 Å². The molecule has 0 heterocycles. The highest BCUT2D eigenvalue weighted by atomic mass is 19.1. The van der Waals surface area contributed by atoms with Gasteiger partial charge in [-0.3, -0.25) is 0 Å². The molecular weight excluding hydrogens is 568 g/mol. The van der Waals surface area contributed by atoms with E-state index in [0.717, 1.165) is 50.0 Å². The fourth-order valence-electron chi connectivity index (χ4n) is 6.19. The van der Waals surface area contributed by atoms with Crippen molar-refractivity contribution in [2.75, 3.05) is 4.90 Å². The van der Waals surface area contributed by atoms with Crippen LogP contribution in [0.4, 0.5) is 21.5 Å². The lowest BCUT2D eigenvalue weighted by Gasteiger charge is -2.32. The minimum absolute atomic E-state index is 0.153. The van der Waals surface area contributed by atoms with E-state index >= 15 is 4.39 Å². The van der Waals surface area contributed by atoms with Crippen LogP contribution >= 0.6 is 0 Å². The van der Waals surface area contributed by atoms with Gasteiger partial charge in [-0.1, -0.05) is 120 Å². The van der Waals surface area contributed by atoms with Crippen LogP contribution in [-0.4, -0.2) is 39.2 Å². The van der Waals surface area contributed by atoms with Crippen molar-refractivity contribution in [2.24, 2.45) is 0 Å². The van der Waals surface area contributed by atoms with E-state index in [0.29, 0.717) is 11.3 Å². The molecule has 7 heteroatoms. The third-order valence-corrected chi connectivity index (χ3v) is 8.63. The van der Waals surface area contributed by atoms with E-state index in [1.807, 2.05) is 114 Å². The topological polar surface area (TPSA) is 3.24 Å². The molecule has 7 rings (SSSR count). The second-order valence-electron chi connectivity index (χ2n) is 11.4. The van der Waals surface area contributed by atoms with Crippen LogP contribution in [-0.2, 0) is 0 Å². The molecular formula is C40H23B5FN. The molecule has 0 spiro atoms. The summed E-state index contributed by atoms with van der Waals surface area (Å²) in [6, 6.07) is 45.2. The third-order valence-electron chi connectivity index (χ3n) is 8.63. The lowest BCUT2D eigenvalue weighted by atomic mass is 9.61. The van der Waals surface area contributed by atoms with Crippen LogP contribution in [0.3, 0.4) is 0 Å². The van der Waals surface area contributed by atoms with Gasteiger partial charge in [0.05, 0.1) is 0 Å². The van der Waals surface area contributed by atoms with Crippen LogP contribution in [0.5, 0.6) is 0 Å². The van der Waals surface area contributed by atoms with E-state index in [4.69, 9.17) is 39.2 Å². The normalized spacial score (nSPS) is 11.1. The Morgan fingerprint density at radius 3 is 1.45 bits per heavy atom. The minimum atomic E-state index is -0.267. The van der Waals surface area contributed by atoms with Crippen molar-refractivity contribution in [3.05, 3.63) is 145 Å². The molecule has 0 aromatic heterocycles. The smallest absolute Gasteiger partial charge is 0.131 e. The van der Waals surface area contributed by atoms with Crippen molar-refractivity contribution in [3.8, 4) is 33.4 Å². The molecule has 0 unspecified atom stereocenters. The molecule has 7 aromatic rings. The molecule has 7 aromatic carbocycles. The number of anilines is 3. The van der Waals surface area contributed by atoms with Crippen LogP contribution in [0.2, 0.25) is 0 Å². The third kappa shape index (κ3) is 5.50. The molecule has 0 fully saturated rings. The van der Waals surface area contributed by atoms with Crippen molar-refractivity contribution in [1.29, 1.82) is 0 Å². The van der Waals surface area contributed by atoms with Crippen molar-refractivity contribution >= 4 is 94.4 Å². The second kappa shape index (κ2) is 12.6. The van der Waals surface area contributed by atoms with Gasteiger partial charge >= 0.3 is 0 Å². The van der Waals surface area contributed by atoms with Gasteiger partial charge in [-0.15, -0.1) is 16.4 Å². The zero-order chi connectivity index (χ0) is 32.7. The molecule has 0 bridgehead atoms. The van der Waals surface area contributed by atoms with Crippen LogP contribution < -0.4 is 32.2 Å². The molecule has 0 amide bonds. The SMILES string of the molecule is [B]c1c([B])c([B])c(N(c2ccc(-c3ccccc3)cc2)c2ccc(-c3cccc4cccc(-c5ccccc5F)c34)cc2)c([B])c1[B]. The van der Waals surface area contributed by atoms with E-state index in [2.05, 4.69) is 18.2 Å². The summed E-state index contributed by atoms with van der Waals surface area (Å²) in [6.07, 6.45) is 0. The lowest BCUT2D eigenvalue weighted by molar-refractivity contribution is 0.631. The van der Waals surface area contributed by atoms with Crippen molar-refractivity contribution < 1.29 is 4.39 Å². The molecule has 0 aliphatic carbocycles. The number of rotatable bonds is 6. The van der Waals surface area contributed by atoms with E-state index in [1.165, 1.54) is 6.07 Å². The first-order valence-corrected chi connectivity index (χ1v) is 15.2. The zero-order valence-corrected chi connectivity index (χ0v) is 25.5. The molecule has 47 heavy (non-hydrogen) atoms. The summed E-state index contributed by atoms with van der Waals surface area (Å²) in [6.45, 7) is 0. The highest BCUT2D eigenvalue weighted by molar-refractivity contribution is 6.69. The Balaban J connectivity index is 1.38. The van der Waals surface area contributed by atoms with E-state index in [1.54, 1.807) is 6.07 Å². The monoisotopic (exact) mass is 591 g/mol. The summed E-state index contributed by atoms with van der Waals surface area (Å²) >= 11 is 0. The van der Waals surface area contributed by atoms with Crippen LogP contribution in [0.15, 0.2) is 140 Å². The van der Waals surface area contributed by atoms with Gasteiger partial charge in [-0.05, 0) is 68.9 Å². The quantitative estimate of drug-likeness (QED) is 0.234. The zero-order valence-electron chi connectivity index (χ0n) is 25.5. The van der Waals surface area contributed by atoms with Crippen LogP contribution in [0, 0.1) is 5.82 Å². The second-order valence-corrected chi connectivity index (χ2v) is 11.4. The van der Waals surface area contributed by atoms with E-state index < -0.39 is 0 Å². The summed E-state index contributed by atoms with van der Waals surface area (Å²) in [7, 11) is 32.0. The fourth-order valence-corrected chi connectivity index (χ4v) is 6.19. The first-order chi connectivity index (χ1) is 22.8. The molecule has 10 radical (unpaired) electrons. The van der Waals surface area contributed by atoms with E-state index in [9.17, 15) is 0 Å². The van der Waals surface area contributed by atoms with Gasteiger partial charge in [0.1, 0.15) is 45.0 Å². The van der Waals surface area contributed by atoms with Gasteiger partial charge in [-0.2, -0.15) is 0 Å². The van der Waals surface area contributed by atoms with Gasteiger partial charge < -0.3 is 4.90 Å². The van der Waals surface area contributed by atoms with Crippen molar-refractivity contribution in [1.82, 2.24) is 0 Å². The van der Waals surface area contributed by atoms with Crippen LogP contribution in [0.25, 0.3) is 44.2 Å². The summed E-state index contributed by atoms with van der Waals surface area (Å²) in [5.74, 6) is -0.267. The van der Waals surface area contributed by atoms with Gasteiger partial charge in [0.15, 0.2) is 0 Å². The summed E-state index contributed by atoms with van der Waals surface area (Å²) in [4.78, 5) is 1.93. The molecule has 0 aliphatic heterocycles. The highest BCUT2D eigenvalue weighted by Crippen LogP contribution is 2.39. The largest absolute Gasteiger partial charge is 0.312 e. The molecule has 1 nitrogen and oxygen atoms in total. The maximum atomic E-state index is 15.0. The molecule has 0 N–H and O–H groups in total. The Kier molecular flexibility index (Phi) is 8.16. The van der Waals surface area contributed by atoms with Crippen LogP contribution in [0.1, 0.15) is 0 Å². The highest BCUT2D eigenvalue weighted by Gasteiger charge is 2.20. The average molecular weight is 591 g/mol. The number of benzene rings is 7. The molecule has 0 atom stereocenters. The Morgan fingerprint density at radius 2 is 0.851 bits per heavy atom. The maximum absolute atomic E-state index is 15.0. The average Bonchev–Trinajstić information content (AvgIpc) is 3.12. The van der Waals surface area contributed by atoms with Gasteiger partial charge in [0, 0.05) is 22.6 Å². The first kappa shape index (κ1) is 30.5. The standard InChI is InChI=1S/C40H23B5FN/c41-35-36(42)38(44)40(39(45)37(35)43)47(28-20-16-25(17-21-28)24-8-2-1-3-9-24)29-22-18-26(19-23-29)30-13-6-10-27-11-7-14-32(34(27)30)31-12-4-5-15-33(31)46/h1-23H. The predicted octanol–water partition coefficient (Wildman–Crippen LogP) is 5.42. The molecule has 210 valence electrons. The van der Waals surface area contributed by atoms with Gasteiger partial charge in [0.2, 0.25) is 0 Å². The summed E-state index contributed by atoms with van der Waals surface area (Å²) in [5, 5.41) is 1.98. The van der Waals surface area contributed by atoms with Crippen molar-refractivity contribution in [2.45, 2.75) is 0 Å². The van der Waals surface area contributed by atoms with Gasteiger partial charge in [-0.25, -0.2) is 4.39 Å². The summed E-state index contributed by atoms with van der Waals surface area (Å²) < 4.78 is 15.0. The number of hydrogen-bond donors (Lipinski definition) is 0. The first-order valence-electron chi connectivity index (χ1n) is 15.2. The number of fused-ring (bicyclic) bond motifs is 1. The fraction of sp³-hybridized carbons (Fsp3) is 0. The Hall–Kier alpha value is -5.15. The number of halogens is 1. The van der Waals surface area contributed by atoms with Gasteiger partial charge in [0.25, 0.3) is 0 Å². The number of nitrogens with zero attached hydrogens (tertiary/aromatic N) is 1. The Morgan fingerprint density at radius 1 is 0.383 bits per heavy atom.